The van der Waals surface area contributed by atoms with Crippen LogP contribution in [0.3, 0.4) is 0 Å². The number of hydrogen-bond donors (Lipinski definition) is 1. The topological polar surface area (TPSA) is 49.4 Å². The fourth-order valence-electron chi connectivity index (χ4n) is 3.62. The number of carbonyl (C=O) groups excluding carboxylic acids is 2. The fourth-order valence-corrected chi connectivity index (χ4v) is 3.62. The van der Waals surface area contributed by atoms with E-state index in [2.05, 4.69) is 17.5 Å². The summed E-state index contributed by atoms with van der Waals surface area (Å²) in [6, 6.07) is 7.82. The second-order valence-electron chi connectivity index (χ2n) is 7.30. The summed E-state index contributed by atoms with van der Waals surface area (Å²) in [5.41, 5.74) is 4.30. The summed E-state index contributed by atoms with van der Waals surface area (Å²) in [5.74, 6) is 0.731. The number of benzene rings is 1. The molecule has 1 saturated carbocycles. The van der Waals surface area contributed by atoms with Crippen LogP contribution in [-0.2, 0) is 9.59 Å². The quantitative estimate of drug-likeness (QED) is 0.892. The van der Waals surface area contributed by atoms with Crippen molar-refractivity contribution in [3.05, 3.63) is 53.3 Å². The van der Waals surface area contributed by atoms with Gasteiger partial charge in [-0.2, -0.15) is 0 Å². The Morgan fingerprint density at radius 2 is 2.00 bits per heavy atom. The molecule has 0 spiro atoms. The Morgan fingerprint density at radius 1 is 1.24 bits per heavy atom. The van der Waals surface area contributed by atoms with Gasteiger partial charge in [0.2, 0.25) is 11.8 Å². The van der Waals surface area contributed by atoms with Crippen LogP contribution >= 0.6 is 0 Å². The van der Waals surface area contributed by atoms with Gasteiger partial charge in [-0.3, -0.25) is 9.59 Å². The number of allylic oxidation sites excluding steroid dienone is 3. The highest BCUT2D eigenvalue weighted by atomic mass is 16.2. The van der Waals surface area contributed by atoms with Gasteiger partial charge in [0, 0.05) is 30.8 Å². The van der Waals surface area contributed by atoms with Gasteiger partial charge in [-0.25, -0.2) is 0 Å². The Labute approximate surface area is 148 Å². The van der Waals surface area contributed by atoms with Gasteiger partial charge in [0.1, 0.15) is 0 Å². The molecule has 0 radical (unpaired) electrons. The Morgan fingerprint density at radius 3 is 2.64 bits per heavy atom. The van der Waals surface area contributed by atoms with Gasteiger partial charge in [0.25, 0.3) is 0 Å². The van der Waals surface area contributed by atoms with E-state index in [1.165, 1.54) is 18.4 Å². The van der Waals surface area contributed by atoms with E-state index in [1.54, 1.807) is 0 Å². The molecule has 4 nitrogen and oxygen atoms in total. The monoisotopic (exact) mass is 336 g/mol. The summed E-state index contributed by atoms with van der Waals surface area (Å²) in [6.07, 6.45) is 9.33. The molecule has 1 saturated heterocycles. The predicted molar refractivity (Wildman–Crippen MR) is 98.1 cm³/mol. The van der Waals surface area contributed by atoms with Gasteiger partial charge in [-0.15, -0.1) is 0 Å². The van der Waals surface area contributed by atoms with E-state index in [4.69, 9.17) is 0 Å². The highest BCUT2D eigenvalue weighted by Crippen LogP contribution is 2.40. The molecule has 1 aliphatic heterocycles. The van der Waals surface area contributed by atoms with Crippen molar-refractivity contribution < 1.29 is 9.59 Å². The molecule has 130 valence electrons. The standard InChI is InChI=1S/C21H24N2O2/c1-14(21(25)22-18-9-6-17(13-18)16-4-5-16)15-7-10-19(11-8-15)23-12-2-3-20(23)24/h6-8,10-11,13-14,16H,2-5,9,12H2,1H3,(H,22,25). The van der Waals surface area contributed by atoms with Crippen molar-refractivity contribution >= 4 is 17.5 Å². The number of hydrogen-bond acceptors (Lipinski definition) is 2. The van der Waals surface area contributed by atoms with Crippen molar-refractivity contribution in [2.24, 2.45) is 5.92 Å². The molecule has 1 unspecified atom stereocenters. The van der Waals surface area contributed by atoms with E-state index in [-0.39, 0.29) is 17.7 Å². The van der Waals surface area contributed by atoms with Crippen molar-refractivity contribution in [2.75, 3.05) is 11.4 Å². The SMILES string of the molecule is CC(C(=O)NC1=CC(C2CC2)=CC1)c1ccc(N2CCCC2=O)cc1. The minimum absolute atomic E-state index is 0.0293. The molecule has 3 aliphatic rings. The highest BCUT2D eigenvalue weighted by Gasteiger charge is 2.27. The van der Waals surface area contributed by atoms with Crippen LogP contribution in [-0.4, -0.2) is 18.4 Å². The van der Waals surface area contributed by atoms with E-state index in [0.29, 0.717) is 6.42 Å². The van der Waals surface area contributed by atoms with Gasteiger partial charge in [0.15, 0.2) is 0 Å². The van der Waals surface area contributed by atoms with Crippen LogP contribution in [0.1, 0.15) is 50.5 Å². The van der Waals surface area contributed by atoms with Crippen LogP contribution in [0, 0.1) is 5.92 Å². The lowest BCUT2D eigenvalue weighted by atomic mass is 9.99. The number of rotatable bonds is 5. The third kappa shape index (κ3) is 3.39. The number of anilines is 1. The van der Waals surface area contributed by atoms with Gasteiger partial charge < -0.3 is 10.2 Å². The Hall–Kier alpha value is -2.36. The molecule has 2 aliphatic carbocycles. The van der Waals surface area contributed by atoms with E-state index < -0.39 is 0 Å². The molecule has 1 aromatic carbocycles. The maximum atomic E-state index is 12.5. The van der Waals surface area contributed by atoms with Crippen molar-refractivity contribution in [2.45, 2.75) is 44.9 Å². The van der Waals surface area contributed by atoms with E-state index in [9.17, 15) is 9.59 Å². The Kier molecular flexibility index (Phi) is 4.20. The Bertz CT molecular complexity index is 757. The third-order valence-corrected chi connectivity index (χ3v) is 5.40. The van der Waals surface area contributed by atoms with Gasteiger partial charge >= 0.3 is 0 Å². The van der Waals surface area contributed by atoms with Crippen LogP contribution in [0.15, 0.2) is 47.7 Å². The first-order valence-electron chi connectivity index (χ1n) is 9.23. The lowest BCUT2D eigenvalue weighted by Crippen LogP contribution is -2.27. The summed E-state index contributed by atoms with van der Waals surface area (Å²) >= 11 is 0. The minimum Gasteiger partial charge on any atom is -0.329 e. The zero-order valence-corrected chi connectivity index (χ0v) is 14.6. The first kappa shape index (κ1) is 16.1. The van der Waals surface area contributed by atoms with Crippen LogP contribution in [0.25, 0.3) is 0 Å². The molecule has 1 aromatic rings. The zero-order chi connectivity index (χ0) is 17.4. The van der Waals surface area contributed by atoms with Crippen LogP contribution < -0.4 is 10.2 Å². The van der Waals surface area contributed by atoms with Crippen molar-refractivity contribution in [1.29, 1.82) is 0 Å². The molecule has 4 rings (SSSR count). The number of carbonyl (C=O) groups is 2. The van der Waals surface area contributed by atoms with Crippen LogP contribution in [0.4, 0.5) is 5.69 Å². The second-order valence-corrected chi connectivity index (χ2v) is 7.30. The van der Waals surface area contributed by atoms with Crippen molar-refractivity contribution in [3.8, 4) is 0 Å². The minimum atomic E-state index is -0.214. The molecule has 2 fully saturated rings. The van der Waals surface area contributed by atoms with E-state index in [0.717, 1.165) is 42.3 Å². The number of nitrogens with zero attached hydrogens (tertiary/aromatic N) is 1. The zero-order valence-electron chi connectivity index (χ0n) is 14.6. The molecular weight excluding hydrogens is 312 g/mol. The summed E-state index contributed by atoms with van der Waals surface area (Å²) in [4.78, 5) is 26.2. The lowest BCUT2D eigenvalue weighted by molar-refractivity contribution is -0.121. The summed E-state index contributed by atoms with van der Waals surface area (Å²) in [6.45, 7) is 2.72. The molecule has 4 heteroatoms. The molecule has 0 aromatic heterocycles. The maximum Gasteiger partial charge on any atom is 0.231 e. The molecule has 2 amide bonds. The predicted octanol–water partition coefficient (Wildman–Crippen LogP) is 3.66. The molecule has 1 atom stereocenters. The fraction of sp³-hybridized carbons (Fsp3) is 0.429. The third-order valence-electron chi connectivity index (χ3n) is 5.40. The summed E-state index contributed by atoms with van der Waals surface area (Å²) in [5, 5.41) is 3.07. The molecule has 1 heterocycles. The van der Waals surface area contributed by atoms with Crippen molar-refractivity contribution in [3.63, 3.8) is 0 Å². The normalized spacial score (nSPS) is 21.2. The maximum absolute atomic E-state index is 12.5. The van der Waals surface area contributed by atoms with Crippen LogP contribution in [0.2, 0.25) is 0 Å². The van der Waals surface area contributed by atoms with Gasteiger partial charge in [-0.05, 0) is 61.4 Å². The molecule has 25 heavy (non-hydrogen) atoms. The summed E-state index contributed by atoms with van der Waals surface area (Å²) < 4.78 is 0. The average molecular weight is 336 g/mol. The second kappa shape index (κ2) is 6.51. The molecule has 0 bridgehead atoms. The van der Waals surface area contributed by atoms with Gasteiger partial charge in [-0.1, -0.05) is 18.2 Å². The number of amides is 2. The van der Waals surface area contributed by atoms with E-state index in [1.807, 2.05) is 36.1 Å². The molecular formula is C21H24N2O2. The smallest absolute Gasteiger partial charge is 0.231 e. The lowest BCUT2D eigenvalue weighted by Gasteiger charge is -2.18. The summed E-state index contributed by atoms with van der Waals surface area (Å²) in [7, 11) is 0. The van der Waals surface area contributed by atoms with Crippen LogP contribution in [0.5, 0.6) is 0 Å². The van der Waals surface area contributed by atoms with E-state index >= 15 is 0 Å². The Balaban J connectivity index is 1.38. The number of nitrogens with one attached hydrogen (secondary N) is 1. The van der Waals surface area contributed by atoms with Crippen molar-refractivity contribution in [1.82, 2.24) is 5.32 Å². The van der Waals surface area contributed by atoms with Gasteiger partial charge in [0.05, 0.1) is 5.92 Å². The first-order chi connectivity index (χ1) is 12.1. The molecule has 1 N–H and O–H groups in total. The largest absolute Gasteiger partial charge is 0.329 e. The average Bonchev–Trinajstić information content (AvgIpc) is 3.22. The highest BCUT2D eigenvalue weighted by molar-refractivity contribution is 5.95. The first-order valence-corrected chi connectivity index (χ1v) is 9.23.